The second-order valence-corrected chi connectivity index (χ2v) is 10.8. The molecule has 13 heteroatoms. The van der Waals surface area contributed by atoms with E-state index in [9.17, 15) is 21.6 Å². The van der Waals surface area contributed by atoms with Crippen molar-refractivity contribution in [2.24, 2.45) is 15.2 Å². The van der Waals surface area contributed by atoms with Gasteiger partial charge in [0, 0.05) is 17.5 Å². The van der Waals surface area contributed by atoms with Gasteiger partial charge in [0.1, 0.15) is 0 Å². The predicted molar refractivity (Wildman–Crippen MR) is 144 cm³/mol. The molecule has 0 radical (unpaired) electrons. The lowest BCUT2D eigenvalue weighted by Crippen LogP contribution is -2.47. The summed E-state index contributed by atoms with van der Waals surface area (Å²) in [5.74, 6) is -0.479. The number of nitrogens with two attached hydrogens (primary N) is 1. The first kappa shape index (κ1) is 27.6. The van der Waals surface area contributed by atoms with E-state index in [0.717, 1.165) is 29.3 Å². The first-order valence-corrected chi connectivity index (χ1v) is 13.4. The molecule has 0 amide bonds. The maximum atomic E-state index is 13.2. The smallest absolute Gasteiger partial charge is 0.376 e. The number of nitrogens with zero attached hydrogens (tertiary/aromatic N) is 3. The highest BCUT2D eigenvalue weighted by Crippen LogP contribution is 2.32. The molecule has 198 valence electrons. The van der Waals surface area contributed by atoms with Gasteiger partial charge in [-0.15, -0.1) is 4.40 Å². The Morgan fingerprint density at radius 3 is 2.39 bits per heavy atom. The number of alkyl halides is 3. The van der Waals surface area contributed by atoms with E-state index in [4.69, 9.17) is 29.6 Å². The van der Waals surface area contributed by atoms with Crippen LogP contribution in [0.3, 0.4) is 0 Å². The molecule has 0 saturated heterocycles. The van der Waals surface area contributed by atoms with E-state index in [-0.39, 0.29) is 23.5 Å². The van der Waals surface area contributed by atoms with Crippen LogP contribution in [-0.2, 0) is 16.2 Å². The Morgan fingerprint density at radius 1 is 1.08 bits per heavy atom. The SMILES string of the molecule is NC(=S)NC(=NS(=O)(=O)c1cccc(C(F)(F)F)c1)N1CCC(c2ccccc2)C(c2ccc(Cl)cc2)=N1. The Morgan fingerprint density at radius 2 is 1.76 bits per heavy atom. The van der Waals surface area contributed by atoms with E-state index >= 15 is 0 Å². The molecule has 1 heterocycles. The van der Waals surface area contributed by atoms with E-state index in [0.29, 0.717) is 23.2 Å². The van der Waals surface area contributed by atoms with Crippen LogP contribution < -0.4 is 11.1 Å². The van der Waals surface area contributed by atoms with Gasteiger partial charge >= 0.3 is 6.18 Å². The van der Waals surface area contributed by atoms with Crippen LogP contribution in [0.15, 0.2) is 93.3 Å². The summed E-state index contributed by atoms with van der Waals surface area (Å²) in [5.41, 5.74) is 6.85. The fourth-order valence-corrected chi connectivity index (χ4v) is 5.14. The van der Waals surface area contributed by atoms with Crippen molar-refractivity contribution in [3.8, 4) is 0 Å². The van der Waals surface area contributed by atoms with E-state index in [1.54, 1.807) is 24.3 Å². The summed E-state index contributed by atoms with van der Waals surface area (Å²) in [4.78, 5) is -0.643. The van der Waals surface area contributed by atoms with Gasteiger partial charge in [0.25, 0.3) is 10.0 Å². The van der Waals surface area contributed by atoms with Crippen molar-refractivity contribution in [3.63, 3.8) is 0 Å². The Bertz CT molecular complexity index is 1500. The largest absolute Gasteiger partial charge is 0.416 e. The zero-order chi connectivity index (χ0) is 27.5. The lowest BCUT2D eigenvalue weighted by atomic mass is 9.86. The van der Waals surface area contributed by atoms with Gasteiger partial charge in [0.05, 0.1) is 16.2 Å². The monoisotopic (exact) mass is 579 g/mol. The van der Waals surface area contributed by atoms with Gasteiger partial charge in [0.15, 0.2) is 5.11 Å². The van der Waals surface area contributed by atoms with Crippen molar-refractivity contribution in [1.29, 1.82) is 0 Å². The highest BCUT2D eigenvalue weighted by Gasteiger charge is 2.33. The van der Waals surface area contributed by atoms with Crippen molar-refractivity contribution in [3.05, 3.63) is 101 Å². The molecule has 4 rings (SSSR count). The molecule has 3 aromatic rings. The van der Waals surface area contributed by atoms with Gasteiger partial charge < -0.3 is 11.1 Å². The van der Waals surface area contributed by atoms with E-state index in [1.165, 1.54) is 5.01 Å². The third kappa shape index (κ3) is 6.50. The second kappa shape index (κ2) is 11.1. The minimum Gasteiger partial charge on any atom is -0.376 e. The molecule has 0 aliphatic carbocycles. The van der Waals surface area contributed by atoms with Crippen LogP contribution in [0.4, 0.5) is 13.2 Å². The maximum absolute atomic E-state index is 13.2. The van der Waals surface area contributed by atoms with Crippen LogP contribution in [0.5, 0.6) is 0 Å². The number of hydrogen-bond acceptors (Lipinski definition) is 4. The fraction of sp³-hybridized carbons (Fsp3) is 0.160. The Balaban J connectivity index is 1.80. The average Bonchev–Trinajstić information content (AvgIpc) is 2.88. The summed E-state index contributed by atoms with van der Waals surface area (Å²) < 4.78 is 69.4. The first-order chi connectivity index (χ1) is 17.9. The van der Waals surface area contributed by atoms with Crippen molar-refractivity contribution >= 4 is 50.6 Å². The highest BCUT2D eigenvalue weighted by atomic mass is 35.5. The summed E-state index contributed by atoms with van der Waals surface area (Å²) >= 11 is 11.0. The molecular weight excluding hydrogens is 559 g/mol. The van der Waals surface area contributed by atoms with E-state index in [1.807, 2.05) is 30.3 Å². The molecule has 1 aliphatic rings. The molecule has 0 spiro atoms. The number of thiocarbonyl (C=S) groups is 1. The van der Waals surface area contributed by atoms with Gasteiger partial charge in [0.2, 0.25) is 5.96 Å². The zero-order valence-corrected chi connectivity index (χ0v) is 21.9. The molecule has 38 heavy (non-hydrogen) atoms. The quantitative estimate of drug-likeness (QED) is 0.252. The van der Waals surface area contributed by atoms with Crippen LogP contribution in [0, 0.1) is 0 Å². The third-order valence-electron chi connectivity index (χ3n) is 5.68. The number of rotatable bonds is 4. The van der Waals surface area contributed by atoms with Crippen molar-refractivity contribution in [2.75, 3.05) is 6.54 Å². The minimum atomic E-state index is -4.73. The molecular formula is C25H21ClF3N5O2S2. The number of nitrogens with one attached hydrogen (secondary N) is 1. The molecule has 1 unspecified atom stereocenters. The fourth-order valence-electron chi connectivity index (χ4n) is 3.92. The zero-order valence-electron chi connectivity index (χ0n) is 19.6. The molecule has 0 aromatic heterocycles. The Kier molecular flexibility index (Phi) is 8.05. The lowest BCUT2D eigenvalue weighted by molar-refractivity contribution is -0.137. The molecule has 3 aromatic carbocycles. The number of hydrogen-bond donors (Lipinski definition) is 2. The Labute approximate surface area is 227 Å². The normalized spacial score (nSPS) is 16.6. The second-order valence-electron chi connectivity index (χ2n) is 8.27. The van der Waals surface area contributed by atoms with E-state index in [2.05, 4.69) is 14.8 Å². The van der Waals surface area contributed by atoms with Crippen LogP contribution in [-0.4, -0.2) is 36.8 Å². The Hall–Kier alpha value is -3.48. The van der Waals surface area contributed by atoms with Crippen molar-refractivity contribution < 1.29 is 21.6 Å². The maximum Gasteiger partial charge on any atom is 0.416 e. The highest BCUT2D eigenvalue weighted by molar-refractivity contribution is 7.90. The molecule has 3 N–H and O–H groups in total. The lowest BCUT2D eigenvalue weighted by Gasteiger charge is -2.32. The van der Waals surface area contributed by atoms with Crippen molar-refractivity contribution in [1.82, 2.24) is 10.3 Å². The average molecular weight is 580 g/mol. The molecule has 7 nitrogen and oxygen atoms in total. The molecule has 0 saturated carbocycles. The predicted octanol–water partition coefficient (Wildman–Crippen LogP) is 5.13. The van der Waals surface area contributed by atoms with Gasteiger partial charge in [-0.3, -0.25) is 0 Å². The number of hydrazone groups is 1. The van der Waals surface area contributed by atoms with Crippen LogP contribution in [0.1, 0.15) is 29.0 Å². The number of guanidine groups is 1. The molecule has 0 fully saturated rings. The van der Waals surface area contributed by atoms with Crippen molar-refractivity contribution in [2.45, 2.75) is 23.4 Å². The number of sulfonamides is 1. The molecule has 1 aliphatic heterocycles. The van der Waals surface area contributed by atoms with Gasteiger partial charge in [-0.05, 0) is 60.1 Å². The summed E-state index contributed by atoms with van der Waals surface area (Å²) in [7, 11) is -4.61. The summed E-state index contributed by atoms with van der Waals surface area (Å²) in [6.07, 6.45) is -4.22. The summed E-state index contributed by atoms with van der Waals surface area (Å²) in [6, 6.07) is 19.9. The van der Waals surface area contributed by atoms with Crippen LogP contribution >= 0.6 is 23.8 Å². The van der Waals surface area contributed by atoms with Gasteiger partial charge in [-0.1, -0.05) is 60.1 Å². The minimum absolute atomic E-state index is 0.139. The summed E-state index contributed by atoms with van der Waals surface area (Å²) in [5, 5.41) is 8.71. The summed E-state index contributed by atoms with van der Waals surface area (Å²) in [6.45, 7) is 0.212. The van der Waals surface area contributed by atoms with Gasteiger partial charge in [-0.25, -0.2) is 5.01 Å². The molecule has 1 atom stereocenters. The van der Waals surface area contributed by atoms with Crippen LogP contribution in [0.25, 0.3) is 0 Å². The van der Waals surface area contributed by atoms with E-state index < -0.39 is 26.7 Å². The van der Waals surface area contributed by atoms with Crippen LogP contribution in [0.2, 0.25) is 5.02 Å². The first-order valence-electron chi connectivity index (χ1n) is 11.2. The third-order valence-corrected chi connectivity index (χ3v) is 7.29. The number of halogens is 4. The standard InChI is InChI=1S/C25H21ClF3N5O2S2/c26-19-11-9-17(10-12-19)22-21(16-5-2-1-3-6-16)13-14-34(32-22)24(31-23(30)37)33-38(35,36)20-8-4-7-18(15-20)25(27,28)29/h1-12,15,21H,13-14H2,(H3,30,31,33,37). The molecule has 0 bridgehead atoms. The number of benzene rings is 3. The topological polar surface area (TPSA) is 100 Å². The van der Waals surface area contributed by atoms with Gasteiger partial charge in [-0.2, -0.15) is 26.7 Å².